The van der Waals surface area contributed by atoms with Crippen molar-refractivity contribution in [2.75, 3.05) is 5.32 Å². The van der Waals surface area contributed by atoms with Crippen LogP contribution in [0.2, 0.25) is 0 Å². The summed E-state index contributed by atoms with van der Waals surface area (Å²) < 4.78 is 71.1. The van der Waals surface area contributed by atoms with Crippen LogP contribution in [0.1, 0.15) is 12.0 Å². The molecule has 0 unspecified atom stereocenters. The van der Waals surface area contributed by atoms with Crippen LogP contribution in [0, 0.1) is 23.0 Å². The number of hydrogen-bond donors (Lipinski definition) is 1. The molecule has 0 atom stereocenters. The van der Waals surface area contributed by atoms with Gasteiger partial charge in [0.1, 0.15) is 6.42 Å². The summed E-state index contributed by atoms with van der Waals surface area (Å²) in [6.07, 6.45) is -5.40. The predicted octanol–water partition coefficient (Wildman–Crippen LogP) is 5.39. The quantitative estimate of drug-likeness (QED) is 0.656. The van der Waals surface area contributed by atoms with E-state index in [-0.39, 0.29) is 23.6 Å². The van der Waals surface area contributed by atoms with Crippen molar-refractivity contribution in [2.24, 2.45) is 0 Å². The molecule has 0 saturated heterocycles. The van der Waals surface area contributed by atoms with Gasteiger partial charge in [-0.3, -0.25) is 4.79 Å². The maximum absolute atomic E-state index is 13.9. The maximum atomic E-state index is 13.9. The number of carbonyl (C=O) groups is 1. The number of amides is 1. The third-order valence-electron chi connectivity index (χ3n) is 2.99. The fraction of sp³-hybridized carbons (Fsp3) is 0.125. The molecule has 0 fully saturated rings. The van der Waals surface area contributed by atoms with Gasteiger partial charge in [-0.15, -0.1) is 0 Å². The Morgan fingerprint density at radius 1 is 1.19 bits per heavy atom. The third-order valence-corrected chi connectivity index (χ3v) is 3.49. The van der Waals surface area contributed by atoms with E-state index in [1.54, 1.807) is 6.07 Å². The van der Waals surface area contributed by atoms with Crippen molar-refractivity contribution < 1.29 is 31.5 Å². The van der Waals surface area contributed by atoms with Gasteiger partial charge in [0, 0.05) is 4.47 Å². The van der Waals surface area contributed by atoms with Crippen LogP contribution >= 0.6 is 15.9 Å². The number of hydrogen-bond acceptors (Lipinski definition) is 3. The van der Waals surface area contributed by atoms with Gasteiger partial charge in [-0.2, -0.15) is 18.4 Å². The minimum atomic E-state index is -4.92. The Kier molecular flexibility index (Phi) is 5.82. The van der Waals surface area contributed by atoms with Crippen LogP contribution in [0.4, 0.5) is 27.6 Å². The predicted molar refractivity (Wildman–Crippen MR) is 84.4 cm³/mol. The van der Waals surface area contributed by atoms with E-state index < -0.39 is 41.5 Å². The lowest BCUT2D eigenvalue weighted by atomic mass is 10.2. The lowest BCUT2D eigenvalue weighted by Gasteiger charge is -2.15. The Morgan fingerprint density at radius 2 is 1.81 bits per heavy atom. The van der Waals surface area contributed by atoms with Crippen molar-refractivity contribution in [1.82, 2.24) is 0 Å². The monoisotopic (exact) mass is 434 g/mol. The van der Waals surface area contributed by atoms with Crippen LogP contribution < -0.4 is 10.1 Å². The molecule has 136 valence electrons. The van der Waals surface area contributed by atoms with Gasteiger partial charge in [-0.25, -0.2) is 8.78 Å². The molecule has 0 spiro atoms. The second kappa shape index (κ2) is 7.70. The Balaban J connectivity index is 2.41. The lowest BCUT2D eigenvalue weighted by Crippen LogP contribution is -2.11. The Morgan fingerprint density at radius 3 is 2.35 bits per heavy atom. The van der Waals surface area contributed by atoms with Crippen LogP contribution in [0.25, 0.3) is 0 Å². The van der Waals surface area contributed by atoms with E-state index in [4.69, 9.17) is 10.00 Å². The molecule has 0 aromatic heterocycles. The van der Waals surface area contributed by atoms with Gasteiger partial charge >= 0.3 is 6.18 Å². The molecular formula is C16H8BrF5N2O2. The molecule has 1 amide bonds. The number of nitrogens with zero attached hydrogens (tertiary/aromatic N) is 1. The zero-order valence-electron chi connectivity index (χ0n) is 12.6. The lowest BCUT2D eigenvalue weighted by molar-refractivity contribution is -0.138. The molecule has 2 rings (SSSR count). The van der Waals surface area contributed by atoms with Gasteiger partial charge in [0.15, 0.2) is 23.1 Å². The largest absolute Gasteiger partial charge is 0.449 e. The van der Waals surface area contributed by atoms with Gasteiger partial charge in [-0.05, 0) is 30.3 Å². The van der Waals surface area contributed by atoms with Crippen molar-refractivity contribution >= 4 is 27.5 Å². The highest BCUT2D eigenvalue weighted by Crippen LogP contribution is 2.38. The third kappa shape index (κ3) is 4.70. The Hall–Kier alpha value is -2.67. The first kappa shape index (κ1) is 19.7. The second-order valence-corrected chi connectivity index (χ2v) is 5.81. The fourth-order valence-electron chi connectivity index (χ4n) is 1.88. The number of halogens is 6. The van der Waals surface area contributed by atoms with E-state index in [1.165, 1.54) is 18.2 Å². The summed E-state index contributed by atoms with van der Waals surface area (Å²) in [4.78, 5) is 11.5. The maximum Gasteiger partial charge on any atom is 0.416 e. The number of ether oxygens (including phenoxy) is 1. The number of alkyl halides is 3. The van der Waals surface area contributed by atoms with Gasteiger partial charge in [0.25, 0.3) is 0 Å². The summed E-state index contributed by atoms with van der Waals surface area (Å²) >= 11 is 3.10. The summed E-state index contributed by atoms with van der Waals surface area (Å²) in [6.45, 7) is 0. The van der Waals surface area contributed by atoms with E-state index in [1.807, 2.05) is 0 Å². The van der Waals surface area contributed by atoms with Crippen molar-refractivity contribution in [3.63, 3.8) is 0 Å². The molecule has 2 aromatic rings. The number of carbonyl (C=O) groups excluding carboxylic acids is 1. The fourth-order valence-corrected chi connectivity index (χ4v) is 2.22. The molecule has 2 aromatic carbocycles. The SMILES string of the molecule is N#CCC(=O)Nc1ccc(Br)cc1Oc1c(F)cc(C(F)(F)F)cc1F. The average Bonchev–Trinajstić information content (AvgIpc) is 2.52. The molecule has 4 nitrogen and oxygen atoms in total. The van der Waals surface area contributed by atoms with Crippen molar-refractivity contribution in [3.8, 4) is 17.6 Å². The number of anilines is 1. The minimum absolute atomic E-state index is 0.0212. The molecule has 0 aliphatic rings. The van der Waals surface area contributed by atoms with Crippen molar-refractivity contribution in [1.29, 1.82) is 5.26 Å². The minimum Gasteiger partial charge on any atom is -0.449 e. The van der Waals surface area contributed by atoms with E-state index in [9.17, 15) is 26.7 Å². The highest BCUT2D eigenvalue weighted by molar-refractivity contribution is 9.10. The number of rotatable bonds is 4. The highest BCUT2D eigenvalue weighted by Gasteiger charge is 2.33. The molecule has 0 radical (unpaired) electrons. The molecule has 10 heteroatoms. The zero-order chi connectivity index (χ0) is 19.5. The van der Waals surface area contributed by atoms with Gasteiger partial charge in [-0.1, -0.05) is 15.9 Å². The standard InChI is InChI=1S/C16H8BrF5N2O2/c17-9-1-2-12(24-14(25)3-4-23)13(7-9)26-15-10(18)5-8(6-11(15)19)16(20,21)22/h1-2,5-7H,3H2,(H,24,25). The van der Waals surface area contributed by atoms with Crippen molar-refractivity contribution in [2.45, 2.75) is 12.6 Å². The van der Waals surface area contributed by atoms with Crippen LogP contribution in [0.15, 0.2) is 34.8 Å². The highest BCUT2D eigenvalue weighted by atomic mass is 79.9. The van der Waals surface area contributed by atoms with E-state index in [2.05, 4.69) is 21.2 Å². The van der Waals surface area contributed by atoms with Gasteiger partial charge in [0.05, 0.1) is 17.3 Å². The summed E-state index contributed by atoms with van der Waals surface area (Å²) in [5.74, 6) is -5.12. The molecule has 26 heavy (non-hydrogen) atoms. The van der Waals surface area contributed by atoms with Crippen LogP contribution in [-0.4, -0.2) is 5.91 Å². The van der Waals surface area contributed by atoms with Crippen LogP contribution in [-0.2, 0) is 11.0 Å². The first-order valence-electron chi connectivity index (χ1n) is 6.82. The average molecular weight is 435 g/mol. The topological polar surface area (TPSA) is 62.1 Å². The van der Waals surface area contributed by atoms with E-state index >= 15 is 0 Å². The van der Waals surface area contributed by atoms with Gasteiger partial charge in [0.2, 0.25) is 5.91 Å². The number of benzene rings is 2. The molecule has 0 aliphatic carbocycles. The molecule has 0 heterocycles. The summed E-state index contributed by atoms with van der Waals surface area (Å²) in [7, 11) is 0. The van der Waals surface area contributed by atoms with Crippen molar-refractivity contribution in [3.05, 3.63) is 52.0 Å². The summed E-state index contributed by atoms with van der Waals surface area (Å²) in [5.41, 5.74) is -1.52. The van der Waals surface area contributed by atoms with E-state index in [0.717, 1.165) is 0 Å². The van der Waals surface area contributed by atoms with E-state index in [0.29, 0.717) is 4.47 Å². The molecular weight excluding hydrogens is 427 g/mol. The van der Waals surface area contributed by atoms with Gasteiger partial charge < -0.3 is 10.1 Å². The first-order chi connectivity index (χ1) is 12.1. The second-order valence-electron chi connectivity index (χ2n) is 4.89. The normalized spacial score (nSPS) is 11.0. The zero-order valence-corrected chi connectivity index (χ0v) is 14.2. The molecule has 0 saturated carbocycles. The number of nitrogens with one attached hydrogen (secondary N) is 1. The molecule has 0 bridgehead atoms. The Bertz CT molecular complexity index is 870. The van der Waals surface area contributed by atoms with Crippen LogP contribution in [0.3, 0.4) is 0 Å². The first-order valence-corrected chi connectivity index (χ1v) is 7.61. The number of nitriles is 1. The Labute approximate surface area is 152 Å². The summed E-state index contributed by atoms with van der Waals surface area (Å²) in [6, 6.07) is 5.88. The molecule has 0 aliphatic heterocycles. The molecule has 1 N–H and O–H groups in total. The van der Waals surface area contributed by atoms with Crippen LogP contribution in [0.5, 0.6) is 11.5 Å². The smallest absolute Gasteiger partial charge is 0.416 e. The summed E-state index contributed by atoms with van der Waals surface area (Å²) in [5, 5.41) is 10.8.